The molecule has 101 valence electrons. The lowest BCUT2D eigenvalue weighted by Gasteiger charge is -2.04. The number of carboxylic acid groups (broad SMARTS) is 1. The van der Waals surface area contributed by atoms with Gasteiger partial charge in [-0.2, -0.15) is 0 Å². The number of benzene rings is 1. The van der Waals surface area contributed by atoms with Gasteiger partial charge in [-0.3, -0.25) is 4.79 Å². The zero-order valence-corrected chi connectivity index (χ0v) is 11.7. The van der Waals surface area contributed by atoms with E-state index in [0.29, 0.717) is 6.32 Å². The minimum atomic E-state index is -0.894. The van der Waals surface area contributed by atoms with Crippen LogP contribution in [0.25, 0.3) is 16.5 Å². The number of carbonyl (C=O) groups is 1. The summed E-state index contributed by atoms with van der Waals surface area (Å²) >= 11 is 0. The van der Waals surface area contributed by atoms with Crippen LogP contribution >= 0.6 is 0 Å². The second-order valence-corrected chi connectivity index (χ2v) is 4.51. The van der Waals surface area contributed by atoms with Gasteiger partial charge in [-0.1, -0.05) is 36.4 Å². The van der Waals surface area contributed by atoms with E-state index in [1.54, 1.807) is 0 Å². The highest BCUT2D eigenvalue weighted by atomic mass is 16.4. The minimum Gasteiger partial charge on any atom is -0.490 e. The van der Waals surface area contributed by atoms with Gasteiger partial charge in [0.25, 0.3) is 7.28 Å². The van der Waals surface area contributed by atoms with E-state index in [0.717, 1.165) is 27.7 Å². The fraction of sp³-hybridized carbons (Fsp3) is 0.188. The van der Waals surface area contributed by atoms with Gasteiger partial charge in [-0.25, -0.2) is 0 Å². The summed E-state index contributed by atoms with van der Waals surface area (Å²) in [6.45, 7) is 3.95. The summed E-state index contributed by atoms with van der Waals surface area (Å²) in [4.78, 5) is 14.2. The van der Waals surface area contributed by atoms with E-state index in [2.05, 4.69) is 4.98 Å². The van der Waals surface area contributed by atoms with E-state index in [9.17, 15) is 4.79 Å². The van der Waals surface area contributed by atoms with Gasteiger partial charge in [0.1, 0.15) is 0 Å². The molecule has 1 aromatic heterocycles. The second kappa shape index (κ2) is 6.28. The highest BCUT2D eigenvalue weighted by Gasteiger charge is 2.14. The molecule has 0 aliphatic carbocycles. The van der Waals surface area contributed by atoms with Crippen LogP contribution in [0.4, 0.5) is 4.79 Å². The first-order valence-electron chi connectivity index (χ1n) is 6.62. The molecule has 1 heterocycles. The maximum atomic E-state index is 10.8. The summed E-state index contributed by atoms with van der Waals surface area (Å²) in [6, 6.07) is 7.96. The summed E-state index contributed by atoms with van der Waals surface area (Å²) in [5.41, 5.74) is 4.11. The molecule has 4 heteroatoms. The predicted octanol–water partition coefficient (Wildman–Crippen LogP) is 4.03. The number of fused-ring (bicyclic) bond motifs is 1. The van der Waals surface area contributed by atoms with Crippen LogP contribution in [0.5, 0.6) is 0 Å². The lowest BCUT2D eigenvalue weighted by Crippen LogP contribution is -2.09. The van der Waals surface area contributed by atoms with Crippen molar-refractivity contribution in [3.05, 3.63) is 53.8 Å². The maximum absolute atomic E-state index is 10.8. The van der Waals surface area contributed by atoms with Gasteiger partial charge < -0.3 is 10.1 Å². The Bertz CT molecular complexity index is 683. The molecule has 0 saturated carbocycles. The molecule has 0 saturated heterocycles. The van der Waals surface area contributed by atoms with Crippen molar-refractivity contribution in [1.82, 2.24) is 4.98 Å². The number of para-hydroxylation sites is 1. The minimum absolute atomic E-state index is 0.406. The molecule has 0 aliphatic heterocycles. The number of allylic oxidation sites excluding steroid dienone is 4. The fourth-order valence-electron chi connectivity index (χ4n) is 2.35. The summed E-state index contributed by atoms with van der Waals surface area (Å²) in [5, 5.41) is 9.95. The molecule has 0 atom stereocenters. The Morgan fingerprint density at radius 1 is 1.35 bits per heavy atom. The normalized spacial score (nSPS) is 12.2. The first-order valence-corrected chi connectivity index (χ1v) is 6.62. The molecule has 1 aromatic carbocycles. The fourth-order valence-corrected chi connectivity index (χ4v) is 2.35. The zero-order valence-electron chi connectivity index (χ0n) is 11.7. The van der Waals surface area contributed by atoms with Gasteiger partial charge in [0.15, 0.2) is 0 Å². The molecular formula is C16H17BNO2. The van der Waals surface area contributed by atoms with Crippen LogP contribution in [-0.2, 0) is 6.32 Å². The Morgan fingerprint density at radius 3 is 2.75 bits per heavy atom. The van der Waals surface area contributed by atoms with Crippen LogP contribution < -0.4 is 0 Å². The molecule has 0 spiro atoms. The van der Waals surface area contributed by atoms with Gasteiger partial charge in [0, 0.05) is 16.6 Å². The Morgan fingerprint density at radius 2 is 2.10 bits per heavy atom. The molecule has 2 aromatic rings. The lowest BCUT2D eigenvalue weighted by molar-refractivity contribution is 0.219. The van der Waals surface area contributed by atoms with Crippen LogP contribution in [0.2, 0.25) is 0 Å². The number of aromatic amines is 1. The average Bonchev–Trinajstić information content (AvgIpc) is 2.81. The Balaban J connectivity index is 2.57. The molecular weight excluding hydrogens is 249 g/mol. The number of H-pyrrole nitrogens is 1. The first kappa shape index (κ1) is 14.2. The van der Waals surface area contributed by atoms with Gasteiger partial charge in [-0.05, 0) is 37.4 Å². The number of nitrogens with one attached hydrogen (secondary N) is 1. The molecule has 0 amide bonds. The van der Waals surface area contributed by atoms with Gasteiger partial charge in [0.2, 0.25) is 5.87 Å². The van der Waals surface area contributed by atoms with E-state index in [1.807, 2.05) is 56.3 Å². The quantitative estimate of drug-likeness (QED) is 0.634. The van der Waals surface area contributed by atoms with Crippen LogP contribution in [0.1, 0.15) is 25.1 Å². The highest BCUT2D eigenvalue weighted by molar-refractivity contribution is 6.71. The zero-order chi connectivity index (χ0) is 14.5. The third-order valence-corrected chi connectivity index (χ3v) is 3.24. The number of hydrogen-bond acceptors (Lipinski definition) is 1. The van der Waals surface area contributed by atoms with Crippen molar-refractivity contribution in [3.63, 3.8) is 0 Å². The Hall–Kier alpha value is -2.23. The molecule has 2 rings (SSSR count). The summed E-state index contributed by atoms with van der Waals surface area (Å²) in [5.74, 6) is -0.894. The van der Waals surface area contributed by atoms with Crippen molar-refractivity contribution in [2.24, 2.45) is 0 Å². The van der Waals surface area contributed by atoms with Crippen molar-refractivity contribution < 1.29 is 9.90 Å². The van der Waals surface area contributed by atoms with Crippen LogP contribution in [0.3, 0.4) is 0 Å². The summed E-state index contributed by atoms with van der Waals surface area (Å²) in [7, 11) is 1.29. The van der Waals surface area contributed by atoms with E-state index >= 15 is 0 Å². The van der Waals surface area contributed by atoms with Crippen molar-refractivity contribution in [3.8, 4) is 0 Å². The maximum Gasteiger partial charge on any atom is 0.265 e. The molecule has 0 bridgehead atoms. The van der Waals surface area contributed by atoms with E-state index in [1.165, 1.54) is 7.28 Å². The van der Waals surface area contributed by atoms with Gasteiger partial charge in [0.05, 0.1) is 0 Å². The number of aromatic nitrogens is 1. The van der Waals surface area contributed by atoms with Crippen molar-refractivity contribution in [2.45, 2.75) is 20.2 Å². The molecule has 0 unspecified atom stereocenters. The predicted molar refractivity (Wildman–Crippen MR) is 84.2 cm³/mol. The molecule has 1 radical (unpaired) electrons. The summed E-state index contributed by atoms with van der Waals surface area (Å²) in [6.07, 6.45) is 6.43. The number of rotatable bonds is 5. The largest absolute Gasteiger partial charge is 0.490 e. The van der Waals surface area contributed by atoms with E-state index < -0.39 is 5.87 Å². The molecule has 0 fully saturated rings. The van der Waals surface area contributed by atoms with Crippen LogP contribution in [0, 0.1) is 0 Å². The van der Waals surface area contributed by atoms with E-state index in [-0.39, 0.29) is 0 Å². The number of hydrogen-bond donors (Lipinski definition) is 2. The standard InChI is InChI=1S/C16H17BNO2/c1-3-7-11(4-2)15-13(10-17-16(19)20)12-8-5-6-9-14(12)18-15/h3-9,18H,10H2,1-2H3,(H,19,20)/b7-3-,11-4+. The Kier molecular flexibility index (Phi) is 4.46. The van der Waals surface area contributed by atoms with Gasteiger partial charge in [-0.15, -0.1) is 0 Å². The molecule has 3 nitrogen and oxygen atoms in total. The molecule has 20 heavy (non-hydrogen) atoms. The van der Waals surface area contributed by atoms with Crippen LogP contribution in [0.15, 0.2) is 42.5 Å². The summed E-state index contributed by atoms with van der Waals surface area (Å²) < 4.78 is 0. The SMILES string of the molecule is C/C=C\C(=C/C)c1[nH]c2ccccc2c1C[B]C(=O)O. The van der Waals surface area contributed by atoms with E-state index in [4.69, 9.17) is 5.11 Å². The third-order valence-electron chi connectivity index (χ3n) is 3.24. The average molecular weight is 266 g/mol. The van der Waals surface area contributed by atoms with Crippen molar-refractivity contribution in [1.29, 1.82) is 0 Å². The van der Waals surface area contributed by atoms with Crippen molar-refractivity contribution >= 4 is 29.6 Å². The third kappa shape index (κ3) is 2.85. The first-order chi connectivity index (χ1) is 9.67. The molecule has 2 N–H and O–H groups in total. The monoisotopic (exact) mass is 266 g/mol. The van der Waals surface area contributed by atoms with Gasteiger partial charge >= 0.3 is 0 Å². The van der Waals surface area contributed by atoms with Crippen molar-refractivity contribution in [2.75, 3.05) is 0 Å². The second-order valence-electron chi connectivity index (χ2n) is 4.51. The Labute approximate surface area is 119 Å². The topological polar surface area (TPSA) is 53.1 Å². The lowest BCUT2D eigenvalue weighted by atomic mass is 9.71. The smallest absolute Gasteiger partial charge is 0.265 e. The molecule has 0 aliphatic rings. The van der Waals surface area contributed by atoms with Crippen LogP contribution in [-0.4, -0.2) is 23.2 Å². The highest BCUT2D eigenvalue weighted by Crippen LogP contribution is 2.28.